The molecular weight excluding hydrogens is 258 g/mol. The summed E-state index contributed by atoms with van der Waals surface area (Å²) in [7, 11) is 0. The standard InChI is InChI=1S/C17H28F2O/c1-2-3-13-4-6-14(7-5-13)15-8-10-16(11-9-15)20-12-17(18)19/h12-16H,2-11H2,1H3. The topological polar surface area (TPSA) is 9.23 Å². The van der Waals surface area contributed by atoms with Crippen LogP contribution in [0.5, 0.6) is 0 Å². The largest absolute Gasteiger partial charge is 0.492 e. The molecule has 0 unspecified atom stereocenters. The minimum atomic E-state index is -1.72. The van der Waals surface area contributed by atoms with E-state index in [1.165, 1.54) is 38.5 Å². The van der Waals surface area contributed by atoms with Crippen LogP contribution < -0.4 is 0 Å². The second kappa shape index (κ2) is 7.99. The predicted octanol–water partition coefficient (Wildman–Crippen LogP) is 5.91. The molecule has 0 aromatic rings. The Kier molecular flexibility index (Phi) is 6.31. The van der Waals surface area contributed by atoms with Crippen LogP contribution in [0.1, 0.15) is 71.1 Å². The highest BCUT2D eigenvalue weighted by Crippen LogP contribution is 2.41. The van der Waals surface area contributed by atoms with Gasteiger partial charge in [-0.3, -0.25) is 0 Å². The maximum absolute atomic E-state index is 12.0. The van der Waals surface area contributed by atoms with Crippen molar-refractivity contribution in [3.8, 4) is 0 Å². The van der Waals surface area contributed by atoms with Gasteiger partial charge >= 0.3 is 6.08 Å². The van der Waals surface area contributed by atoms with E-state index in [2.05, 4.69) is 6.92 Å². The monoisotopic (exact) mass is 286 g/mol. The van der Waals surface area contributed by atoms with Crippen molar-refractivity contribution in [3.63, 3.8) is 0 Å². The molecule has 116 valence electrons. The zero-order valence-electron chi connectivity index (χ0n) is 12.6. The summed E-state index contributed by atoms with van der Waals surface area (Å²) in [6.45, 7) is 2.28. The third kappa shape index (κ3) is 4.75. The molecule has 0 aromatic heterocycles. The molecule has 3 heteroatoms. The Hall–Kier alpha value is -0.600. The Morgan fingerprint density at radius 2 is 1.50 bits per heavy atom. The van der Waals surface area contributed by atoms with E-state index in [1.807, 2.05) is 0 Å². The molecule has 2 rings (SSSR count). The van der Waals surface area contributed by atoms with Crippen molar-refractivity contribution in [2.75, 3.05) is 0 Å². The molecule has 0 atom stereocenters. The number of hydrogen-bond acceptors (Lipinski definition) is 1. The van der Waals surface area contributed by atoms with Crippen LogP contribution in [0.3, 0.4) is 0 Å². The molecular formula is C17H28F2O. The Bertz CT molecular complexity index is 296. The fourth-order valence-electron chi connectivity index (χ4n) is 4.20. The summed E-state index contributed by atoms with van der Waals surface area (Å²) >= 11 is 0. The van der Waals surface area contributed by atoms with E-state index in [0.717, 1.165) is 43.4 Å². The zero-order valence-corrected chi connectivity index (χ0v) is 12.6. The van der Waals surface area contributed by atoms with E-state index in [-0.39, 0.29) is 6.10 Å². The molecule has 0 heterocycles. The Balaban J connectivity index is 1.68. The van der Waals surface area contributed by atoms with Crippen LogP contribution in [0.4, 0.5) is 8.78 Å². The zero-order chi connectivity index (χ0) is 14.4. The summed E-state index contributed by atoms with van der Waals surface area (Å²) in [6.07, 6.45) is 11.4. The molecule has 2 aliphatic rings. The molecule has 1 nitrogen and oxygen atoms in total. The average Bonchev–Trinajstić information content (AvgIpc) is 2.47. The minimum absolute atomic E-state index is 0.0178. The van der Waals surface area contributed by atoms with Gasteiger partial charge in [0.2, 0.25) is 0 Å². The predicted molar refractivity (Wildman–Crippen MR) is 77.5 cm³/mol. The summed E-state index contributed by atoms with van der Waals surface area (Å²) in [6, 6.07) is 0. The molecule has 0 amide bonds. The van der Waals surface area contributed by atoms with Gasteiger partial charge in [-0.25, -0.2) is 0 Å². The summed E-state index contributed by atoms with van der Waals surface area (Å²) < 4.78 is 29.1. The van der Waals surface area contributed by atoms with Crippen molar-refractivity contribution in [3.05, 3.63) is 12.3 Å². The number of hydrogen-bond donors (Lipinski definition) is 0. The van der Waals surface area contributed by atoms with E-state index < -0.39 is 6.08 Å². The maximum atomic E-state index is 12.0. The van der Waals surface area contributed by atoms with Crippen LogP contribution in [-0.2, 0) is 4.74 Å². The second-order valence-corrected chi connectivity index (χ2v) is 6.65. The fourth-order valence-corrected chi connectivity index (χ4v) is 4.20. The van der Waals surface area contributed by atoms with Crippen molar-refractivity contribution in [1.29, 1.82) is 0 Å². The first-order valence-electron chi connectivity index (χ1n) is 8.35. The number of halogens is 2. The fraction of sp³-hybridized carbons (Fsp3) is 0.882. The lowest BCUT2D eigenvalue weighted by atomic mass is 9.70. The number of rotatable bonds is 5. The lowest BCUT2D eigenvalue weighted by Crippen LogP contribution is -2.28. The lowest BCUT2D eigenvalue weighted by Gasteiger charge is -2.37. The highest BCUT2D eigenvalue weighted by atomic mass is 19.3. The quantitative estimate of drug-likeness (QED) is 0.571. The van der Waals surface area contributed by atoms with Gasteiger partial charge in [-0.1, -0.05) is 32.6 Å². The van der Waals surface area contributed by atoms with Crippen LogP contribution in [0.25, 0.3) is 0 Å². The summed E-state index contributed by atoms with van der Waals surface area (Å²) in [4.78, 5) is 0. The first kappa shape index (κ1) is 15.8. The average molecular weight is 286 g/mol. The Morgan fingerprint density at radius 1 is 0.950 bits per heavy atom. The van der Waals surface area contributed by atoms with E-state index in [9.17, 15) is 8.78 Å². The molecule has 0 spiro atoms. The molecule has 2 fully saturated rings. The van der Waals surface area contributed by atoms with Crippen LogP contribution in [0.15, 0.2) is 12.3 Å². The lowest BCUT2D eigenvalue weighted by molar-refractivity contribution is 0.0578. The molecule has 0 bridgehead atoms. The first-order valence-corrected chi connectivity index (χ1v) is 8.35. The molecule has 0 radical (unpaired) electrons. The molecule has 2 saturated carbocycles. The second-order valence-electron chi connectivity index (χ2n) is 6.65. The Morgan fingerprint density at radius 3 is 2.00 bits per heavy atom. The van der Waals surface area contributed by atoms with Gasteiger partial charge in [-0.15, -0.1) is 0 Å². The SMILES string of the molecule is CCCC1CCC(C2CCC(OC=C(F)F)CC2)CC1. The van der Waals surface area contributed by atoms with Crippen LogP contribution in [-0.4, -0.2) is 6.10 Å². The molecule has 0 N–H and O–H groups in total. The van der Waals surface area contributed by atoms with Crippen LogP contribution >= 0.6 is 0 Å². The molecule has 0 saturated heterocycles. The van der Waals surface area contributed by atoms with Crippen molar-refractivity contribution in [2.24, 2.45) is 17.8 Å². The summed E-state index contributed by atoms with van der Waals surface area (Å²) in [5.74, 6) is 2.67. The highest BCUT2D eigenvalue weighted by molar-refractivity contribution is 4.83. The third-order valence-corrected chi connectivity index (χ3v) is 5.32. The summed E-state index contributed by atoms with van der Waals surface area (Å²) in [5, 5.41) is 0. The highest BCUT2D eigenvalue weighted by Gasteiger charge is 2.30. The summed E-state index contributed by atoms with van der Waals surface area (Å²) in [5.41, 5.74) is 0. The van der Waals surface area contributed by atoms with Crippen LogP contribution in [0.2, 0.25) is 0 Å². The van der Waals surface area contributed by atoms with Crippen molar-refractivity contribution >= 4 is 0 Å². The van der Waals surface area contributed by atoms with E-state index in [1.54, 1.807) is 0 Å². The first-order chi connectivity index (χ1) is 9.69. The van der Waals surface area contributed by atoms with E-state index in [0.29, 0.717) is 6.26 Å². The molecule has 0 aliphatic heterocycles. The van der Waals surface area contributed by atoms with Crippen molar-refractivity contribution < 1.29 is 13.5 Å². The van der Waals surface area contributed by atoms with Gasteiger partial charge in [-0.2, -0.15) is 8.78 Å². The maximum Gasteiger partial charge on any atom is 0.304 e. The van der Waals surface area contributed by atoms with E-state index >= 15 is 0 Å². The normalized spacial score (nSPS) is 34.5. The van der Waals surface area contributed by atoms with Crippen molar-refractivity contribution in [1.82, 2.24) is 0 Å². The van der Waals surface area contributed by atoms with Gasteiger partial charge in [0.25, 0.3) is 0 Å². The van der Waals surface area contributed by atoms with Crippen LogP contribution in [0, 0.1) is 17.8 Å². The molecule has 20 heavy (non-hydrogen) atoms. The van der Waals surface area contributed by atoms with Gasteiger partial charge in [0.1, 0.15) is 6.26 Å². The number of ether oxygens (including phenoxy) is 1. The Labute approximate surface area is 121 Å². The molecule has 2 aliphatic carbocycles. The van der Waals surface area contributed by atoms with Gasteiger partial charge in [0.15, 0.2) is 0 Å². The van der Waals surface area contributed by atoms with Crippen molar-refractivity contribution in [2.45, 2.75) is 77.2 Å². The smallest absolute Gasteiger partial charge is 0.304 e. The van der Waals surface area contributed by atoms with E-state index in [4.69, 9.17) is 4.74 Å². The minimum Gasteiger partial charge on any atom is -0.492 e. The van der Waals surface area contributed by atoms with Gasteiger partial charge in [0.05, 0.1) is 6.10 Å². The van der Waals surface area contributed by atoms with Gasteiger partial charge < -0.3 is 4.74 Å². The van der Waals surface area contributed by atoms with Gasteiger partial charge in [-0.05, 0) is 56.3 Å². The van der Waals surface area contributed by atoms with Gasteiger partial charge in [0, 0.05) is 0 Å². The molecule has 0 aromatic carbocycles. The third-order valence-electron chi connectivity index (χ3n) is 5.32.